The number of hydrazone groups is 1. The van der Waals surface area contributed by atoms with Gasteiger partial charge in [-0.2, -0.15) is 9.41 Å². The van der Waals surface area contributed by atoms with Gasteiger partial charge in [-0.1, -0.05) is 24.6 Å². The maximum Gasteiger partial charge on any atom is 0.271 e. The molecular formula is C21H25N3O4S. The van der Waals surface area contributed by atoms with Crippen LogP contribution in [-0.4, -0.2) is 44.5 Å². The second kappa shape index (κ2) is 9.19. The zero-order valence-corrected chi connectivity index (χ0v) is 17.4. The molecule has 0 atom stereocenters. The molecule has 0 unspecified atom stereocenters. The molecule has 2 aromatic carbocycles. The number of hydrogen-bond acceptors (Lipinski definition) is 5. The number of methoxy groups -OCH3 is 1. The lowest BCUT2D eigenvalue weighted by atomic mass is 10.1. The third-order valence-corrected chi connectivity index (χ3v) is 6.76. The number of rotatable bonds is 6. The van der Waals surface area contributed by atoms with Crippen molar-refractivity contribution in [2.24, 2.45) is 5.10 Å². The molecule has 0 bridgehead atoms. The second-order valence-electron chi connectivity index (χ2n) is 6.86. The van der Waals surface area contributed by atoms with E-state index in [1.54, 1.807) is 26.2 Å². The smallest absolute Gasteiger partial charge is 0.271 e. The molecule has 1 heterocycles. The van der Waals surface area contributed by atoms with Gasteiger partial charge in [-0.15, -0.1) is 0 Å². The largest absolute Gasteiger partial charge is 0.497 e. The monoisotopic (exact) mass is 415 g/mol. The molecule has 0 saturated carbocycles. The van der Waals surface area contributed by atoms with E-state index in [0.717, 1.165) is 24.8 Å². The van der Waals surface area contributed by atoms with Crippen molar-refractivity contribution in [1.29, 1.82) is 0 Å². The molecule has 1 amide bonds. The van der Waals surface area contributed by atoms with Crippen LogP contribution in [0.15, 0.2) is 58.5 Å². The molecule has 2 aromatic rings. The van der Waals surface area contributed by atoms with Gasteiger partial charge >= 0.3 is 0 Å². The van der Waals surface area contributed by atoms with Crippen LogP contribution < -0.4 is 10.2 Å². The van der Waals surface area contributed by atoms with E-state index in [2.05, 4.69) is 10.5 Å². The number of piperidine rings is 1. The molecule has 29 heavy (non-hydrogen) atoms. The summed E-state index contributed by atoms with van der Waals surface area (Å²) in [6.45, 7) is 2.80. The van der Waals surface area contributed by atoms with E-state index in [1.807, 2.05) is 24.3 Å². The lowest BCUT2D eigenvalue weighted by Crippen LogP contribution is -2.35. The van der Waals surface area contributed by atoms with Crippen molar-refractivity contribution >= 4 is 21.6 Å². The standard InChI is InChI=1S/C21H25N3O4S/c1-16(17-8-6-10-19(14-17)28-2)22-23-21(25)18-9-7-11-20(15-18)29(26,27)24-12-4-3-5-13-24/h6-11,14-15H,3-5,12-13H2,1-2H3,(H,23,25)/b22-16-. The first-order chi connectivity index (χ1) is 13.9. The molecule has 3 rings (SSSR count). The zero-order chi connectivity index (χ0) is 20.9. The fourth-order valence-electron chi connectivity index (χ4n) is 3.16. The number of sulfonamides is 1. The summed E-state index contributed by atoms with van der Waals surface area (Å²) >= 11 is 0. The lowest BCUT2D eigenvalue weighted by Gasteiger charge is -2.25. The average Bonchev–Trinajstić information content (AvgIpc) is 2.78. The Hall–Kier alpha value is -2.71. The van der Waals surface area contributed by atoms with Crippen LogP contribution in [0.2, 0.25) is 0 Å². The van der Waals surface area contributed by atoms with Gasteiger partial charge < -0.3 is 4.74 Å². The molecule has 1 saturated heterocycles. The van der Waals surface area contributed by atoms with Gasteiger partial charge in [0.25, 0.3) is 5.91 Å². The summed E-state index contributed by atoms with van der Waals surface area (Å²) in [5.74, 6) is 0.224. The van der Waals surface area contributed by atoms with Crippen molar-refractivity contribution in [3.63, 3.8) is 0 Å². The Kier molecular flexibility index (Phi) is 6.66. The maximum absolute atomic E-state index is 12.8. The van der Waals surface area contributed by atoms with E-state index in [9.17, 15) is 13.2 Å². The SMILES string of the molecule is COc1cccc(/C(C)=N\NC(=O)c2cccc(S(=O)(=O)N3CCCCC3)c2)c1. The molecule has 1 aliphatic heterocycles. The second-order valence-corrected chi connectivity index (χ2v) is 8.80. The molecular weight excluding hydrogens is 390 g/mol. The fraction of sp³-hybridized carbons (Fsp3) is 0.333. The zero-order valence-electron chi connectivity index (χ0n) is 16.6. The molecule has 7 nitrogen and oxygen atoms in total. The Labute approximate surface area is 171 Å². The molecule has 1 aliphatic rings. The Morgan fingerprint density at radius 3 is 2.45 bits per heavy atom. The molecule has 0 radical (unpaired) electrons. The van der Waals surface area contributed by atoms with Crippen molar-refractivity contribution in [3.05, 3.63) is 59.7 Å². The summed E-state index contributed by atoms with van der Waals surface area (Å²) < 4.78 is 32.3. The van der Waals surface area contributed by atoms with Crippen LogP contribution in [0.5, 0.6) is 5.75 Å². The van der Waals surface area contributed by atoms with Crippen LogP contribution in [0, 0.1) is 0 Å². The first-order valence-electron chi connectivity index (χ1n) is 9.51. The predicted molar refractivity (Wildman–Crippen MR) is 112 cm³/mol. The molecule has 1 N–H and O–H groups in total. The van der Waals surface area contributed by atoms with Crippen molar-refractivity contribution in [1.82, 2.24) is 9.73 Å². The molecule has 0 aromatic heterocycles. The van der Waals surface area contributed by atoms with Crippen LogP contribution in [0.3, 0.4) is 0 Å². The summed E-state index contributed by atoms with van der Waals surface area (Å²) in [5, 5.41) is 4.13. The van der Waals surface area contributed by atoms with E-state index in [0.29, 0.717) is 24.6 Å². The van der Waals surface area contributed by atoms with Crippen LogP contribution >= 0.6 is 0 Å². The van der Waals surface area contributed by atoms with Gasteiger partial charge in [0, 0.05) is 24.2 Å². The summed E-state index contributed by atoms with van der Waals surface area (Å²) in [6, 6.07) is 13.4. The van der Waals surface area contributed by atoms with Crippen LogP contribution in [0.25, 0.3) is 0 Å². The minimum Gasteiger partial charge on any atom is -0.497 e. The number of carbonyl (C=O) groups excluding carboxylic acids is 1. The quantitative estimate of drug-likeness (QED) is 0.580. The molecule has 8 heteroatoms. The van der Waals surface area contributed by atoms with E-state index in [1.165, 1.54) is 16.4 Å². The number of nitrogens with zero attached hydrogens (tertiary/aromatic N) is 2. The Morgan fingerprint density at radius 2 is 1.72 bits per heavy atom. The molecule has 0 aliphatic carbocycles. The average molecular weight is 416 g/mol. The molecule has 154 valence electrons. The van der Waals surface area contributed by atoms with E-state index in [4.69, 9.17) is 4.74 Å². The summed E-state index contributed by atoms with van der Waals surface area (Å²) in [5.41, 5.74) is 4.15. The van der Waals surface area contributed by atoms with Crippen molar-refractivity contribution in [2.45, 2.75) is 31.1 Å². The van der Waals surface area contributed by atoms with Crippen LogP contribution in [0.1, 0.15) is 42.1 Å². The van der Waals surface area contributed by atoms with Crippen LogP contribution in [-0.2, 0) is 10.0 Å². The third-order valence-electron chi connectivity index (χ3n) is 4.86. The van der Waals surface area contributed by atoms with Crippen molar-refractivity contribution in [3.8, 4) is 5.75 Å². The van der Waals surface area contributed by atoms with E-state index >= 15 is 0 Å². The van der Waals surface area contributed by atoms with Gasteiger partial charge in [0.05, 0.1) is 17.7 Å². The van der Waals surface area contributed by atoms with E-state index in [-0.39, 0.29) is 10.5 Å². The molecule has 0 spiro atoms. The Bertz CT molecular complexity index is 1010. The highest BCUT2D eigenvalue weighted by Gasteiger charge is 2.26. The number of hydrogen-bond donors (Lipinski definition) is 1. The van der Waals surface area contributed by atoms with Crippen LogP contribution in [0.4, 0.5) is 0 Å². The number of ether oxygens (including phenoxy) is 1. The number of amides is 1. The normalized spacial score (nSPS) is 15.7. The highest BCUT2D eigenvalue weighted by atomic mass is 32.2. The topological polar surface area (TPSA) is 88.1 Å². The highest BCUT2D eigenvalue weighted by molar-refractivity contribution is 7.89. The minimum atomic E-state index is -3.60. The predicted octanol–water partition coefficient (Wildman–Crippen LogP) is 3.02. The number of carbonyl (C=O) groups is 1. The summed E-state index contributed by atoms with van der Waals surface area (Å²) in [7, 11) is -2.01. The summed E-state index contributed by atoms with van der Waals surface area (Å²) in [6.07, 6.45) is 2.76. The maximum atomic E-state index is 12.8. The van der Waals surface area contributed by atoms with Gasteiger partial charge in [-0.05, 0) is 50.1 Å². The van der Waals surface area contributed by atoms with Gasteiger partial charge in [-0.3, -0.25) is 4.79 Å². The summed E-state index contributed by atoms with van der Waals surface area (Å²) in [4.78, 5) is 12.6. The first kappa shape index (κ1) is 21.0. The third kappa shape index (κ3) is 5.02. The fourth-order valence-corrected chi connectivity index (χ4v) is 4.73. The lowest BCUT2D eigenvalue weighted by molar-refractivity contribution is 0.0954. The first-order valence-corrected chi connectivity index (χ1v) is 10.9. The van der Waals surface area contributed by atoms with Crippen molar-refractivity contribution < 1.29 is 17.9 Å². The van der Waals surface area contributed by atoms with Gasteiger partial charge in [-0.25, -0.2) is 13.8 Å². The Balaban J connectivity index is 1.75. The Morgan fingerprint density at radius 1 is 1.03 bits per heavy atom. The van der Waals surface area contributed by atoms with Gasteiger partial charge in [0.15, 0.2) is 0 Å². The van der Waals surface area contributed by atoms with E-state index < -0.39 is 15.9 Å². The number of benzene rings is 2. The number of nitrogens with one attached hydrogen (secondary N) is 1. The molecule has 1 fully saturated rings. The van der Waals surface area contributed by atoms with Crippen molar-refractivity contribution in [2.75, 3.05) is 20.2 Å². The van der Waals surface area contributed by atoms with Gasteiger partial charge in [0.2, 0.25) is 10.0 Å². The van der Waals surface area contributed by atoms with Gasteiger partial charge in [0.1, 0.15) is 5.75 Å². The minimum absolute atomic E-state index is 0.126. The highest BCUT2D eigenvalue weighted by Crippen LogP contribution is 2.21.